The van der Waals surface area contributed by atoms with Crippen LogP contribution in [-0.2, 0) is 34.3 Å². The van der Waals surface area contributed by atoms with Crippen molar-refractivity contribution in [3.8, 4) is 0 Å². The predicted molar refractivity (Wildman–Crippen MR) is 114 cm³/mol. The summed E-state index contributed by atoms with van der Waals surface area (Å²) in [6.07, 6.45) is 2.53. The molecule has 4 nitrogen and oxygen atoms in total. The largest absolute Gasteiger partial charge is 0.326 e. The van der Waals surface area contributed by atoms with Crippen molar-refractivity contribution in [1.29, 1.82) is 0 Å². The van der Waals surface area contributed by atoms with E-state index in [1.165, 1.54) is 5.56 Å². The number of nitrogens with one attached hydrogen (secondary N) is 2. The van der Waals surface area contributed by atoms with Gasteiger partial charge in [0.15, 0.2) is 0 Å². The summed E-state index contributed by atoms with van der Waals surface area (Å²) in [5.41, 5.74) is 5.75. The van der Waals surface area contributed by atoms with Crippen LogP contribution in [0.3, 0.4) is 0 Å². The minimum atomic E-state index is -0.519. The number of benzene rings is 3. The fraction of sp³-hybridized carbons (Fsp3) is 0.200. The highest BCUT2D eigenvalue weighted by atomic mass is 16.2. The second kappa shape index (κ2) is 6.89. The van der Waals surface area contributed by atoms with Crippen molar-refractivity contribution in [1.82, 2.24) is 0 Å². The third-order valence-electron chi connectivity index (χ3n) is 6.08. The number of hydrogen-bond acceptors (Lipinski definition) is 2. The second-order valence-corrected chi connectivity index (χ2v) is 7.95. The van der Waals surface area contributed by atoms with E-state index in [2.05, 4.69) is 10.6 Å². The van der Waals surface area contributed by atoms with Crippen molar-refractivity contribution < 1.29 is 9.59 Å². The first kappa shape index (κ1) is 17.7. The number of hydrogen-bond donors (Lipinski definition) is 2. The third-order valence-corrected chi connectivity index (χ3v) is 6.08. The predicted octanol–water partition coefficient (Wildman–Crippen LogP) is 4.25. The van der Waals surface area contributed by atoms with E-state index in [4.69, 9.17) is 0 Å². The monoisotopic (exact) mass is 382 g/mol. The molecular weight excluding hydrogens is 360 g/mol. The molecule has 1 unspecified atom stereocenters. The van der Waals surface area contributed by atoms with Crippen LogP contribution < -0.4 is 10.6 Å². The number of carbonyl (C=O) groups excluding carboxylic acids is 2. The smallest absolute Gasteiger partial charge is 0.235 e. The summed E-state index contributed by atoms with van der Waals surface area (Å²) in [6, 6.07) is 24.0. The number of fused-ring (bicyclic) bond motifs is 3. The van der Waals surface area contributed by atoms with Crippen molar-refractivity contribution in [3.63, 3.8) is 0 Å². The molecule has 144 valence electrons. The molecule has 2 amide bonds. The van der Waals surface area contributed by atoms with E-state index >= 15 is 0 Å². The highest BCUT2D eigenvalue weighted by molar-refractivity contribution is 6.07. The molecule has 1 atom stereocenters. The molecule has 0 radical (unpaired) electrons. The van der Waals surface area contributed by atoms with Gasteiger partial charge in [0.1, 0.15) is 0 Å². The fourth-order valence-corrected chi connectivity index (χ4v) is 4.60. The molecule has 1 aliphatic heterocycles. The van der Waals surface area contributed by atoms with Gasteiger partial charge in [-0.2, -0.15) is 0 Å². The lowest BCUT2D eigenvalue weighted by Gasteiger charge is -2.20. The number of carbonyl (C=O) groups is 2. The standard InChI is InChI=1S/C25H22N2O2/c28-23(13-10-17-6-2-1-3-7-17)26-20-12-11-18-15-25(16-19(18)14-20)21-8-4-5-9-22(21)27-24(25)29/h1-9,11-12,14H,10,13,15-16H2,(H,26,28)(H,27,29). The number of aryl methyl sites for hydroxylation is 1. The first-order valence-electron chi connectivity index (χ1n) is 10.0. The molecule has 0 saturated carbocycles. The molecule has 1 heterocycles. The first-order chi connectivity index (χ1) is 14.1. The Morgan fingerprint density at radius 3 is 2.55 bits per heavy atom. The Balaban J connectivity index is 1.31. The number of amides is 2. The Hall–Kier alpha value is -3.40. The Morgan fingerprint density at radius 2 is 1.69 bits per heavy atom. The summed E-state index contributed by atoms with van der Waals surface area (Å²) in [5.74, 6) is 0.0776. The normalized spacial score (nSPS) is 19.0. The third kappa shape index (κ3) is 3.11. The Labute approximate surface area is 170 Å². The minimum absolute atomic E-state index is 0.00506. The molecule has 0 aromatic heterocycles. The van der Waals surface area contributed by atoms with E-state index in [0.29, 0.717) is 19.3 Å². The number of anilines is 2. The van der Waals surface area contributed by atoms with E-state index in [9.17, 15) is 9.59 Å². The van der Waals surface area contributed by atoms with Crippen molar-refractivity contribution >= 4 is 23.2 Å². The highest BCUT2D eigenvalue weighted by Crippen LogP contribution is 2.47. The molecule has 29 heavy (non-hydrogen) atoms. The van der Waals surface area contributed by atoms with Crippen molar-refractivity contribution in [2.45, 2.75) is 31.1 Å². The van der Waals surface area contributed by atoms with Gasteiger partial charge in [0.05, 0.1) is 5.41 Å². The molecule has 4 heteroatoms. The van der Waals surface area contributed by atoms with Crippen LogP contribution in [0.1, 0.15) is 28.7 Å². The molecule has 0 fully saturated rings. The molecular formula is C25H22N2O2. The summed E-state index contributed by atoms with van der Waals surface area (Å²) in [7, 11) is 0. The van der Waals surface area contributed by atoms with Gasteiger partial charge in [0, 0.05) is 17.8 Å². The van der Waals surface area contributed by atoms with Gasteiger partial charge in [-0.25, -0.2) is 0 Å². The molecule has 3 aromatic carbocycles. The van der Waals surface area contributed by atoms with E-state index < -0.39 is 5.41 Å². The van der Waals surface area contributed by atoms with Crippen LogP contribution in [-0.4, -0.2) is 11.8 Å². The maximum absolute atomic E-state index is 12.8. The Kier molecular flexibility index (Phi) is 4.20. The van der Waals surface area contributed by atoms with Crippen molar-refractivity contribution in [2.24, 2.45) is 0 Å². The average molecular weight is 382 g/mol. The minimum Gasteiger partial charge on any atom is -0.326 e. The molecule has 1 spiro atoms. The summed E-state index contributed by atoms with van der Waals surface area (Å²) >= 11 is 0. The molecule has 3 aromatic rings. The van der Waals surface area contributed by atoms with E-state index in [1.807, 2.05) is 72.8 Å². The van der Waals surface area contributed by atoms with Crippen LogP contribution in [0.4, 0.5) is 11.4 Å². The van der Waals surface area contributed by atoms with Gasteiger partial charge in [-0.15, -0.1) is 0 Å². The van der Waals surface area contributed by atoms with E-state index in [0.717, 1.165) is 34.5 Å². The van der Waals surface area contributed by atoms with Gasteiger partial charge in [0.2, 0.25) is 11.8 Å². The summed E-state index contributed by atoms with van der Waals surface area (Å²) < 4.78 is 0. The average Bonchev–Trinajstić information content (AvgIpc) is 3.25. The van der Waals surface area contributed by atoms with Gasteiger partial charge in [-0.3, -0.25) is 9.59 Å². The van der Waals surface area contributed by atoms with Crippen LogP contribution in [0.2, 0.25) is 0 Å². The lowest BCUT2D eigenvalue weighted by Crippen LogP contribution is -2.35. The number of para-hydroxylation sites is 1. The van der Waals surface area contributed by atoms with Crippen LogP contribution >= 0.6 is 0 Å². The van der Waals surface area contributed by atoms with Crippen LogP contribution in [0.5, 0.6) is 0 Å². The van der Waals surface area contributed by atoms with Gasteiger partial charge in [-0.05, 0) is 59.7 Å². The van der Waals surface area contributed by atoms with Crippen molar-refractivity contribution in [3.05, 3.63) is 95.1 Å². The topological polar surface area (TPSA) is 58.2 Å². The lowest BCUT2D eigenvalue weighted by atomic mass is 9.79. The van der Waals surface area contributed by atoms with Gasteiger partial charge in [-0.1, -0.05) is 54.6 Å². The van der Waals surface area contributed by atoms with E-state index in [-0.39, 0.29) is 11.8 Å². The van der Waals surface area contributed by atoms with Gasteiger partial charge < -0.3 is 10.6 Å². The van der Waals surface area contributed by atoms with Gasteiger partial charge >= 0.3 is 0 Å². The van der Waals surface area contributed by atoms with Crippen LogP contribution in [0.25, 0.3) is 0 Å². The maximum Gasteiger partial charge on any atom is 0.235 e. The second-order valence-electron chi connectivity index (χ2n) is 7.95. The zero-order valence-electron chi connectivity index (χ0n) is 16.1. The lowest BCUT2D eigenvalue weighted by molar-refractivity contribution is -0.120. The Morgan fingerprint density at radius 1 is 0.931 bits per heavy atom. The maximum atomic E-state index is 12.8. The Bertz CT molecular complexity index is 1110. The zero-order chi connectivity index (χ0) is 19.8. The molecule has 2 N–H and O–H groups in total. The number of rotatable bonds is 4. The van der Waals surface area contributed by atoms with Crippen LogP contribution in [0, 0.1) is 0 Å². The van der Waals surface area contributed by atoms with E-state index in [1.54, 1.807) is 0 Å². The molecule has 5 rings (SSSR count). The fourth-order valence-electron chi connectivity index (χ4n) is 4.60. The summed E-state index contributed by atoms with van der Waals surface area (Å²) in [5, 5.41) is 6.05. The molecule has 0 bridgehead atoms. The molecule has 2 aliphatic rings. The summed E-state index contributed by atoms with van der Waals surface area (Å²) in [6.45, 7) is 0. The molecule has 1 aliphatic carbocycles. The highest BCUT2D eigenvalue weighted by Gasteiger charge is 2.50. The SMILES string of the molecule is O=C(CCc1ccccc1)Nc1ccc2c(c1)CC1(C2)C(=O)Nc2ccccc21. The van der Waals surface area contributed by atoms with Gasteiger partial charge in [0.25, 0.3) is 0 Å². The zero-order valence-corrected chi connectivity index (χ0v) is 16.1. The van der Waals surface area contributed by atoms with Crippen LogP contribution in [0.15, 0.2) is 72.8 Å². The quantitative estimate of drug-likeness (QED) is 0.709. The first-order valence-corrected chi connectivity index (χ1v) is 10.0. The molecule has 0 saturated heterocycles. The summed E-state index contributed by atoms with van der Waals surface area (Å²) in [4.78, 5) is 25.2. The van der Waals surface area contributed by atoms with Crippen molar-refractivity contribution in [2.75, 3.05) is 10.6 Å².